The highest BCUT2D eigenvalue weighted by atomic mass is 15.3. The molecule has 3 heterocycles. The highest BCUT2D eigenvalue weighted by molar-refractivity contribution is 5.33. The third-order valence-electron chi connectivity index (χ3n) is 4.00. The van der Waals surface area contributed by atoms with Gasteiger partial charge in [0.1, 0.15) is 0 Å². The molecule has 0 amide bonds. The van der Waals surface area contributed by atoms with Gasteiger partial charge in [0, 0.05) is 36.4 Å². The molecule has 110 valence electrons. The van der Waals surface area contributed by atoms with Gasteiger partial charge in [-0.05, 0) is 57.2 Å². The van der Waals surface area contributed by atoms with E-state index in [0.717, 1.165) is 36.8 Å². The lowest BCUT2D eigenvalue weighted by molar-refractivity contribution is 0.406. The van der Waals surface area contributed by atoms with Gasteiger partial charge in [-0.3, -0.25) is 4.98 Å². The summed E-state index contributed by atoms with van der Waals surface area (Å²) in [6.45, 7) is 6.15. The highest BCUT2D eigenvalue weighted by Crippen LogP contribution is 2.23. The van der Waals surface area contributed by atoms with E-state index >= 15 is 0 Å². The number of hydrogen-bond donors (Lipinski definition) is 0. The number of pyridine rings is 1. The molecule has 0 bridgehead atoms. The van der Waals surface area contributed by atoms with Crippen molar-refractivity contribution in [3.8, 4) is 0 Å². The first-order chi connectivity index (χ1) is 10.2. The van der Waals surface area contributed by atoms with Crippen molar-refractivity contribution in [1.29, 1.82) is 0 Å². The molecule has 1 aliphatic rings. The van der Waals surface area contributed by atoms with Gasteiger partial charge in [-0.25, -0.2) is 9.97 Å². The Morgan fingerprint density at radius 2 is 2.00 bits per heavy atom. The van der Waals surface area contributed by atoms with Crippen molar-refractivity contribution in [3.63, 3.8) is 0 Å². The minimum atomic E-state index is 0.637. The topological polar surface area (TPSA) is 41.9 Å². The molecule has 3 rings (SSSR count). The first-order valence-electron chi connectivity index (χ1n) is 7.68. The summed E-state index contributed by atoms with van der Waals surface area (Å²) in [7, 11) is 0. The number of piperidine rings is 1. The van der Waals surface area contributed by atoms with Crippen LogP contribution < -0.4 is 4.90 Å². The van der Waals surface area contributed by atoms with Crippen LogP contribution in [0.4, 0.5) is 5.95 Å². The van der Waals surface area contributed by atoms with Crippen molar-refractivity contribution < 1.29 is 0 Å². The molecule has 1 aliphatic heterocycles. The van der Waals surface area contributed by atoms with Crippen molar-refractivity contribution in [1.82, 2.24) is 15.0 Å². The summed E-state index contributed by atoms with van der Waals surface area (Å²) in [6.07, 6.45) is 5.39. The second kappa shape index (κ2) is 6.20. The molecule has 2 aromatic heterocycles. The van der Waals surface area contributed by atoms with Crippen molar-refractivity contribution in [2.24, 2.45) is 5.92 Å². The summed E-state index contributed by atoms with van der Waals surface area (Å²) in [4.78, 5) is 16.0. The van der Waals surface area contributed by atoms with Crippen molar-refractivity contribution >= 4 is 5.95 Å². The maximum atomic E-state index is 4.60. The second-order valence-corrected chi connectivity index (χ2v) is 5.93. The van der Waals surface area contributed by atoms with Crippen LogP contribution in [0.1, 0.15) is 29.9 Å². The van der Waals surface area contributed by atoms with Gasteiger partial charge in [0.2, 0.25) is 5.95 Å². The summed E-state index contributed by atoms with van der Waals surface area (Å²) >= 11 is 0. The fraction of sp³-hybridized carbons (Fsp3) is 0.471. The first kappa shape index (κ1) is 14.0. The Morgan fingerprint density at radius 3 is 2.71 bits per heavy atom. The molecule has 0 radical (unpaired) electrons. The van der Waals surface area contributed by atoms with Crippen LogP contribution in [0.5, 0.6) is 0 Å². The Labute approximate surface area is 126 Å². The molecule has 1 atom stereocenters. The van der Waals surface area contributed by atoms with Crippen LogP contribution in [0, 0.1) is 19.8 Å². The van der Waals surface area contributed by atoms with Crippen LogP contribution in [0.25, 0.3) is 0 Å². The van der Waals surface area contributed by atoms with E-state index in [-0.39, 0.29) is 0 Å². The Bertz CT molecular complexity index is 577. The molecule has 1 saturated heterocycles. The van der Waals surface area contributed by atoms with E-state index in [1.807, 2.05) is 32.2 Å². The smallest absolute Gasteiger partial charge is 0.225 e. The van der Waals surface area contributed by atoms with E-state index in [1.54, 1.807) is 0 Å². The molecule has 0 aromatic carbocycles. The zero-order valence-corrected chi connectivity index (χ0v) is 12.8. The Balaban J connectivity index is 1.70. The van der Waals surface area contributed by atoms with Crippen LogP contribution in [0.3, 0.4) is 0 Å². The number of nitrogens with zero attached hydrogens (tertiary/aromatic N) is 4. The lowest BCUT2D eigenvalue weighted by atomic mass is 9.93. The standard InChI is InChI=1S/C17H22N4/c1-13-10-14(2)20-17(19-13)21-9-5-6-15(12-21)11-16-7-3-4-8-18-16/h3-4,7-8,10,15H,5-6,9,11-12H2,1-2H3. The van der Waals surface area contributed by atoms with E-state index in [0.29, 0.717) is 5.92 Å². The van der Waals surface area contributed by atoms with Crippen LogP contribution in [-0.2, 0) is 6.42 Å². The van der Waals surface area contributed by atoms with Gasteiger partial charge in [-0.1, -0.05) is 6.07 Å². The van der Waals surface area contributed by atoms with Crippen molar-refractivity contribution in [2.45, 2.75) is 33.1 Å². The van der Waals surface area contributed by atoms with Crippen LogP contribution in [0.2, 0.25) is 0 Å². The molecule has 4 nitrogen and oxygen atoms in total. The fourth-order valence-corrected chi connectivity index (χ4v) is 3.08. The SMILES string of the molecule is Cc1cc(C)nc(N2CCCC(Cc3ccccn3)C2)n1. The van der Waals surface area contributed by atoms with Crippen molar-refractivity contribution in [3.05, 3.63) is 47.5 Å². The molecule has 0 aliphatic carbocycles. The van der Waals surface area contributed by atoms with E-state index in [4.69, 9.17) is 0 Å². The largest absolute Gasteiger partial charge is 0.341 e. The van der Waals surface area contributed by atoms with E-state index in [1.165, 1.54) is 18.5 Å². The Hall–Kier alpha value is -1.97. The molecule has 0 N–H and O–H groups in total. The number of anilines is 1. The minimum absolute atomic E-state index is 0.637. The summed E-state index contributed by atoms with van der Waals surface area (Å²) < 4.78 is 0. The van der Waals surface area contributed by atoms with Gasteiger partial charge >= 0.3 is 0 Å². The summed E-state index contributed by atoms with van der Waals surface area (Å²) in [6, 6.07) is 8.18. The second-order valence-electron chi connectivity index (χ2n) is 5.93. The molecule has 1 fully saturated rings. The quantitative estimate of drug-likeness (QED) is 0.868. The number of aromatic nitrogens is 3. The molecule has 0 spiro atoms. The summed E-state index contributed by atoms with van der Waals surface area (Å²) in [5.41, 5.74) is 3.28. The number of rotatable bonds is 3. The molecular formula is C17H22N4. The van der Waals surface area contributed by atoms with Gasteiger partial charge in [0.05, 0.1) is 0 Å². The number of hydrogen-bond acceptors (Lipinski definition) is 4. The monoisotopic (exact) mass is 282 g/mol. The lowest BCUT2D eigenvalue weighted by Crippen LogP contribution is -2.37. The molecule has 4 heteroatoms. The van der Waals surface area contributed by atoms with E-state index in [9.17, 15) is 0 Å². The predicted octanol–water partition coefficient (Wildman–Crippen LogP) is 2.95. The third kappa shape index (κ3) is 3.57. The molecule has 0 saturated carbocycles. The molecular weight excluding hydrogens is 260 g/mol. The third-order valence-corrected chi connectivity index (χ3v) is 4.00. The van der Waals surface area contributed by atoms with Crippen LogP contribution in [0.15, 0.2) is 30.5 Å². The van der Waals surface area contributed by atoms with Crippen LogP contribution in [-0.4, -0.2) is 28.0 Å². The van der Waals surface area contributed by atoms with E-state index in [2.05, 4.69) is 32.0 Å². The highest BCUT2D eigenvalue weighted by Gasteiger charge is 2.22. The zero-order chi connectivity index (χ0) is 14.7. The first-order valence-corrected chi connectivity index (χ1v) is 7.68. The normalized spacial score (nSPS) is 18.8. The van der Waals surface area contributed by atoms with Gasteiger partial charge in [-0.15, -0.1) is 0 Å². The van der Waals surface area contributed by atoms with E-state index < -0.39 is 0 Å². The van der Waals surface area contributed by atoms with Gasteiger partial charge in [0.25, 0.3) is 0 Å². The average Bonchev–Trinajstić information content (AvgIpc) is 2.47. The van der Waals surface area contributed by atoms with Gasteiger partial charge in [-0.2, -0.15) is 0 Å². The Morgan fingerprint density at radius 1 is 1.19 bits per heavy atom. The minimum Gasteiger partial charge on any atom is -0.341 e. The lowest BCUT2D eigenvalue weighted by Gasteiger charge is -2.33. The maximum absolute atomic E-state index is 4.60. The fourth-order valence-electron chi connectivity index (χ4n) is 3.08. The summed E-state index contributed by atoms with van der Waals surface area (Å²) in [5, 5.41) is 0. The number of aryl methyl sites for hydroxylation is 2. The Kier molecular flexibility index (Phi) is 4.13. The van der Waals surface area contributed by atoms with Gasteiger partial charge < -0.3 is 4.90 Å². The molecule has 1 unspecified atom stereocenters. The average molecular weight is 282 g/mol. The summed E-state index contributed by atoms with van der Waals surface area (Å²) in [5.74, 6) is 1.52. The molecule has 2 aromatic rings. The van der Waals surface area contributed by atoms with Gasteiger partial charge in [0.15, 0.2) is 0 Å². The maximum Gasteiger partial charge on any atom is 0.225 e. The van der Waals surface area contributed by atoms with Crippen LogP contribution >= 0.6 is 0 Å². The predicted molar refractivity (Wildman–Crippen MR) is 84.4 cm³/mol. The zero-order valence-electron chi connectivity index (χ0n) is 12.8. The van der Waals surface area contributed by atoms with Crippen molar-refractivity contribution in [2.75, 3.05) is 18.0 Å². The molecule has 21 heavy (non-hydrogen) atoms.